The number of aromatic nitrogens is 1. The van der Waals surface area contributed by atoms with E-state index in [1.165, 1.54) is 0 Å². The quantitative estimate of drug-likeness (QED) is 0.769. The van der Waals surface area contributed by atoms with Gasteiger partial charge in [0.15, 0.2) is 0 Å². The molecule has 4 rings (SSSR count). The van der Waals surface area contributed by atoms with Gasteiger partial charge in [-0.2, -0.15) is 0 Å². The first kappa shape index (κ1) is 19.1. The molecule has 1 aromatic heterocycles. The zero-order valence-corrected chi connectivity index (χ0v) is 17.1. The molecule has 2 heterocycles. The largest absolute Gasteiger partial charge is 0.348 e. The highest BCUT2D eigenvalue weighted by Gasteiger charge is 2.38. The number of halogens is 1. The van der Waals surface area contributed by atoms with E-state index in [1.807, 2.05) is 61.3 Å². The lowest BCUT2D eigenvalue weighted by molar-refractivity contribution is -0.144. The van der Waals surface area contributed by atoms with Crippen LogP contribution in [-0.2, 0) is 16.1 Å². The molecule has 1 saturated carbocycles. The van der Waals surface area contributed by atoms with Gasteiger partial charge >= 0.3 is 0 Å². The van der Waals surface area contributed by atoms with E-state index >= 15 is 0 Å². The lowest BCUT2D eigenvalue weighted by atomic mass is 9.99. The summed E-state index contributed by atoms with van der Waals surface area (Å²) in [4.78, 5) is 29.6. The van der Waals surface area contributed by atoms with Gasteiger partial charge in [0.05, 0.1) is 6.04 Å². The summed E-state index contributed by atoms with van der Waals surface area (Å²) < 4.78 is 2.17. The van der Waals surface area contributed by atoms with Gasteiger partial charge in [0.1, 0.15) is 6.54 Å². The number of carbonyl (C=O) groups excluding carboxylic acids is 2. The maximum atomic E-state index is 13.4. The Labute approximate surface area is 170 Å². The van der Waals surface area contributed by atoms with Crippen LogP contribution < -0.4 is 0 Å². The van der Waals surface area contributed by atoms with Gasteiger partial charge in [-0.05, 0) is 50.5 Å². The minimum atomic E-state index is -0.241. The number of rotatable bonds is 5. The van der Waals surface area contributed by atoms with Crippen LogP contribution in [0.15, 0.2) is 42.6 Å². The van der Waals surface area contributed by atoms with Crippen LogP contribution in [0, 0.1) is 5.92 Å². The molecule has 1 fully saturated rings. The van der Waals surface area contributed by atoms with Gasteiger partial charge < -0.3 is 14.4 Å². The van der Waals surface area contributed by atoms with E-state index in [9.17, 15) is 9.59 Å². The Bertz CT molecular complexity index is 887. The fourth-order valence-electron chi connectivity index (χ4n) is 3.99. The third-order valence-corrected chi connectivity index (χ3v) is 6.04. The van der Waals surface area contributed by atoms with Crippen molar-refractivity contribution >= 4 is 23.4 Å². The van der Waals surface area contributed by atoms with Crippen LogP contribution in [0.5, 0.6) is 0 Å². The third kappa shape index (κ3) is 3.55. The number of hydrogen-bond acceptors (Lipinski definition) is 2. The van der Waals surface area contributed by atoms with Crippen LogP contribution in [-0.4, -0.2) is 45.3 Å². The third-order valence-electron chi connectivity index (χ3n) is 5.70. The summed E-state index contributed by atoms with van der Waals surface area (Å²) in [6.45, 7) is 5.41. The lowest BCUT2D eigenvalue weighted by Crippen LogP contribution is -2.50. The molecule has 1 aromatic carbocycles. The van der Waals surface area contributed by atoms with E-state index in [0.717, 1.165) is 30.6 Å². The molecule has 148 valence electrons. The maximum Gasteiger partial charge on any atom is 0.243 e. The number of benzene rings is 1. The van der Waals surface area contributed by atoms with Gasteiger partial charge in [0, 0.05) is 42.0 Å². The Hall–Kier alpha value is -2.27. The molecule has 28 heavy (non-hydrogen) atoms. The Morgan fingerprint density at radius 1 is 1.14 bits per heavy atom. The van der Waals surface area contributed by atoms with Gasteiger partial charge in [-0.3, -0.25) is 9.59 Å². The highest BCUT2D eigenvalue weighted by molar-refractivity contribution is 6.31. The topological polar surface area (TPSA) is 45.6 Å². The summed E-state index contributed by atoms with van der Waals surface area (Å²) >= 11 is 6.51. The van der Waals surface area contributed by atoms with Crippen LogP contribution in [0.1, 0.15) is 44.0 Å². The van der Waals surface area contributed by atoms with E-state index in [-0.39, 0.29) is 36.4 Å². The standard InChI is InChI=1S/C22H26ClN3O2/c1-15(2)26(22(28)16-9-10-16)14-20(27)25-13-12-24-11-5-8-19(24)21(25)17-6-3-4-7-18(17)23/h3-8,11,15-16,21H,9-10,12-14H2,1-2H3. The van der Waals surface area contributed by atoms with Crippen molar-refractivity contribution in [2.75, 3.05) is 13.1 Å². The average molecular weight is 400 g/mol. The lowest BCUT2D eigenvalue weighted by Gasteiger charge is -2.39. The maximum absolute atomic E-state index is 13.4. The molecule has 0 saturated heterocycles. The molecule has 5 nitrogen and oxygen atoms in total. The minimum Gasteiger partial charge on any atom is -0.348 e. The fraction of sp³-hybridized carbons (Fsp3) is 0.455. The van der Waals surface area contributed by atoms with Crippen LogP contribution in [0.2, 0.25) is 5.02 Å². The normalized spacial score (nSPS) is 18.9. The predicted octanol–water partition coefficient (Wildman–Crippen LogP) is 3.72. The van der Waals surface area contributed by atoms with Crippen LogP contribution in [0.4, 0.5) is 0 Å². The summed E-state index contributed by atoms with van der Waals surface area (Å²) in [5, 5.41) is 0.648. The molecule has 2 aliphatic rings. The summed E-state index contributed by atoms with van der Waals surface area (Å²) in [5.41, 5.74) is 1.97. The predicted molar refractivity (Wildman–Crippen MR) is 109 cm³/mol. The first-order chi connectivity index (χ1) is 13.5. The van der Waals surface area contributed by atoms with Gasteiger partial charge in [-0.25, -0.2) is 0 Å². The minimum absolute atomic E-state index is 0.00413. The van der Waals surface area contributed by atoms with Crippen molar-refractivity contribution in [1.82, 2.24) is 14.4 Å². The van der Waals surface area contributed by atoms with Crippen molar-refractivity contribution in [3.05, 3.63) is 58.9 Å². The van der Waals surface area contributed by atoms with Crippen molar-refractivity contribution < 1.29 is 9.59 Å². The highest BCUT2D eigenvalue weighted by atomic mass is 35.5. The van der Waals surface area contributed by atoms with Crippen LogP contribution >= 0.6 is 11.6 Å². The second-order valence-electron chi connectivity index (χ2n) is 7.97. The highest BCUT2D eigenvalue weighted by Crippen LogP contribution is 2.36. The first-order valence-corrected chi connectivity index (χ1v) is 10.3. The molecule has 2 aromatic rings. The van der Waals surface area contributed by atoms with Crippen molar-refractivity contribution in [2.45, 2.75) is 45.3 Å². The van der Waals surface area contributed by atoms with Gasteiger partial charge in [0.25, 0.3) is 0 Å². The van der Waals surface area contributed by atoms with E-state index in [1.54, 1.807) is 4.90 Å². The van der Waals surface area contributed by atoms with Crippen molar-refractivity contribution in [1.29, 1.82) is 0 Å². The van der Waals surface area contributed by atoms with Crippen molar-refractivity contribution in [3.63, 3.8) is 0 Å². The Morgan fingerprint density at radius 2 is 1.89 bits per heavy atom. The molecular formula is C22H26ClN3O2. The first-order valence-electron chi connectivity index (χ1n) is 9.96. The molecule has 6 heteroatoms. The summed E-state index contributed by atoms with van der Waals surface area (Å²) in [5.74, 6) is 0.186. The monoisotopic (exact) mass is 399 g/mol. The van der Waals surface area contributed by atoms with Gasteiger partial charge in [0.2, 0.25) is 11.8 Å². The molecule has 1 atom stereocenters. The van der Waals surface area contributed by atoms with Gasteiger partial charge in [-0.1, -0.05) is 29.8 Å². The van der Waals surface area contributed by atoms with Crippen molar-refractivity contribution in [3.8, 4) is 0 Å². The number of fused-ring (bicyclic) bond motifs is 1. The molecule has 2 amide bonds. The molecule has 1 unspecified atom stereocenters. The number of nitrogens with zero attached hydrogens (tertiary/aromatic N) is 3. The average Bonchev–Trinajstić information content (AvgIpc) is 3.42. The number of carbonyl (C=O) groups is 2. The molecular weight excluding hydrogens is 374 g/mol. The Kier molecular flexibility index (Phi) is 5.19. The molecule has 0 spiro atoms. The number of amides is 2. The summed E-state index contributed by atoms with van der Waals surface area (Å²) in [7, 11) is 0. The molecule has 1 aliphatic carbocycles. The zero-order valence-electron chi connectivity index (χ0n) is 16.3. The molecule has 0 radical (unpaired) electrons. The van der Waals surface area contributed by atoms with Crippen molar-refractivity contribution in [2.24, 2.45) is 5.92 Å². The van der Waals surface area contributed by atoms with Crippen LogP contribution in [0.3, 0.4) is 0 Å². The van der Waals surface area contributed by atoms with Gasteiger partial charge in [-0.15, -0.1) is 0 Å². The summed E-state index contributed by atoms with van der Waals surface area (Å²) in [6.07, 6.45) is 3.92. The zero-order chi connectivity index (χ0) is 19.8. The van der Waals surface area contributed by atoms with E-state index in [0.29, 0.717) is 11.6 Å². The molecule has 0 N–H and O–H groups in total. The smallest absolute Gasteiger partial charge is 0.243 e. The SMILES string of the molecule is CC(C)N(CC(=O)N1CCn2cccc2C1c1ccccc1Cl)C(=O)C1CC1. The van der Waals surface area contributed by atoms with E-state index < -0.39 is 0 Å². The fourth-order valence-corrected chi connectivity index (χ4v) is 4.23. The van der Waals surface area contributed by atoms with E-state index in [2.05, 4.69) is 4.57 Å². The molecule has 1 aliphatic heterocycles. The van der Waals surface area contributed by atoms with Crippen LogP contribution in [0.25, 0.3) is 0 Å². The summed E-state index contributed by atoms with van der Waals surface area (Å²) in [6, 6.07) is 11.5. The van der Waals surface area contributed by atoms with E-state index in [4.69, 9.17) is 11.6 Å². The molecule has 0 bridgehead atoms. The Morgan fingerprint density at radius 3 is 2.57 bits per heavy atom. The second kappa shape index (κ2) is 7.63. The number of hydrogen-bond donors (Lipinski definition) is 0. The second-order valence-corrected chi connectivity index (χ2v) is 8.38. The Balaban J connectivity index is 1.64.